The van der Waals surface area contributed by atoms with Gasteiger partial charge in [-0.2, -0.15) is 0 Å². The maximum Gasteiger partial charge on any atom is 0.162 e. The minimum Gasteiger partial charge on any atom is -0.493 e. The number of benzene rings is 1. The van der Waals surface area contributed by atoms with E-state index in [9.17, 15) is 0 Å². The van der Waals surface area contributed by atoms with E-state index >= 15 is 0 Å². The van der Waals surface area contributed by atoms with Gasteiger partial charge < -0.3 is 19.9 Å². The predicted octanol–water partition coefficient (Wildman–Crippen LogP) is 1.93. The Bertz CT molecular complexity index is 391. The molecule has 1 atom stereocenters. The fraction of sp³-hybridized carbons (Fsp3) is 0.571. The highest BCUT2D eigenvalue weighted by Gasteiger charge is 2.22. The monoisotopic (exact) mass is 251 g/mol. The van der Waals surface area contributed by atoms with Gasteiger partial charge in [0.25, 0.3) is 0 Å². The van der Waals surface area contributed by atoms with Crippen LogP contribution in [0.2, 0.25) is 0 Å². The third kappa shape index (κ3) is 2.94. The number of ether oxygens (including phenoxy) is 3. The van der Waals surface area contributed by atoms with Gasteiger partial charge in [0, 0.05) is 0 Å². The van der Waals surface area contributed by atoms with Crippen molar-refractivity contribution in [3.05, 3.63) is 23.8 Å². The van der Waals surface area contributed by atoms with Gasteiger partial charge >= 0.3 is 0 Å². The van der Waals surface area contributed by atoms with Crippen LogP contribution in [0.15, 0.2) is 18.2 Å². The van der Waals surface area contributed by atoms with Crippen LogP contribution in [0.1, 0.15) is 24.8 Å². The second-order valence-corrected chi connectivity index (χ2v) is 4.67. The van der Waals surface area contributed by atoms with Gasteiger partial charge in [-0.05, 0) is 36.6 Å². The zero-order chi connectivity index (χ0) is 13.0. The predicted molar refractivity (Wildman–Crippen MR) is 70.3 cm³/mol. The van der Waals surface area contributed by atoms with Crippen LogP contribution in [0.5, 0.6) is 11.5 Å². The van der Waals surface area contributed by atoms with E-state index in [1.807, 2.05) is 6.07 Å². The summed E-state index contributed by atoms with van der Waals surface area (Å²) in [5, 5.41) is 0. The molecular formula is C14H21NO3. The SMILES string of the molecule is COc1ccc(C(C)CCN)cc1OC1COC1. The number of hydrogen-bond donors (Lipinski definition) is 1. The van der Waals surface area contributed by atoms with Gasteiger partial charge in [0.1, 0.15) is 6.10 Å². The van der Waals surface area contributed by atoms with E-state index in [1.54, 1.807) is 7.11 Å². The summed E-state index contributed by atoms with van der Waals surface area (Å²) in [5.41, 5.74) is 6.83. The molecular weight excluding hydrogens is 230 g/mol. The smallest absolute Gasteiger partial charge is 0.162 e. The van der Waals surface area contributed by atoms with Gasteiger partial charge in [0.05, 0.1) is 20.3 Å². The van der Waals surface area contributed by atoms with E-state index in [-0.39, 0.29) is 6.10 Å². The highest BCUT2D eigenvalue weighted by atomic mass is 16.6. The first-order valence-corrected chi connectivity index (χ1v) is 6.37. The lowest BCUT2D eigenvalue weighted by molar-refractivity contribution is -0.0803. The first kappa shape index (κ1) is 13.2. The Hall–Kier alpha value is -1.26. The van der Waals surface area contributed by atoms with Crippen molar-refractivity contribution in [1.29, 1.82) is 0 Å². The van der Waals surface area contributed by atoms with Crippen LogP contribution in [0, 0.1) is 0 Å². The topological polar surface area (TPSA) is 53.7 Å². The number of methoxy groups -OCH3 is 1. The van der Waals surface area contributed by atoms with Crippen LogP contribution in [-0.2, 0) is 4.74 Å². The lowest BCUT2D eigenvalue weighted by atomic mass is 9.97. The maximum absolute atomic E-state index is 5.86. The zero-order valence-electron chi connectivity index (χ0n) is 11.0. The van der Waals surface area contributed by atoms with Crippen molar-refractivity contribution >= 4 is 0 Å². The van der Waals surface area contributed by atoms with Crippen molar-refractivity contribution in [2.45, 2.75) is 25.4 Å². The van der Waals surface area contributed by atoms with E-state index in [0.717, 1.165) is 17.9 Å². The molecule has 0 bridgehead atoms. The average Bonchev–Trinajstić information content (AvgIpc) is 2.34. The molecule has 4 heteroatoms. The lowest BCUT2D eigenvalue weighted by Gasteiger charge is -2.28. The molecule has 1 heterocycles. The summed E-state index contributed by atoms with van der Waals surface area (Å²) in [5.74, 6) is 2.00. The maximum atomic E-state index is 5.86. The molecule has 18 heavy (non-hydrogen) atoms. The van der Waals surface area contributed by atoms with Crippen molar-refractivity contribution in [3.63, 3.8) is 0 Å². The Morgan fingerprint density at radius 1 is 1.39 bits per heavy atom. The standard InChI is InChI=1S/C14H21NO3/c1-10(5-6-15)11-3-4-13(16-2)14(7-11)18-12-8-17-9-12/h3-4,7,10,12H,5-6,8-9,15H2,1-2H3. The van der Waals surface area contributed by atoms with Gasteiger partial charge in [-0.15, -0.1) is 0 Å². The fourth-order valence-corrected chi connectivity index (χ4v) is 1.97. The van der Waals surface area contributed by atoms with E-state index in [1.165, 1.54) is 5.56 Å². The summed E-state index contributed by atoms with van der Waals surface area (Å²) >= 11 is 0. The first-order valence-electron chi connectivity index (χ1n) is 6.37. The molecule has 1 fully saturated rings. The number of rotatable bonds is 6. The zero-order valence-corrected chi connectivity index (χ0v) is 11.0. The van der Waals surface area contributed by atoms with Crippen LogP contribution in [0.3, 0.4) is 0 Å². The summed E-state index contributed by atoms with van der Waals surface area (Å²) in [4.78, 5) is 0. The molecule has 1 aliphatic heterocycles. The van der Waals surface area contributed by atoms with Crippen molar-refractivity contribution in [2.24, 2.45) is 5.73 Å². The van der Waals surface area contributed by atoms with Gasteiger partial charge in [-0.25, -0.2) is 0 Å². The van der Waals surface area contributed by atoms with Crippen molar-refractivity contribution in [2.75, 3.05) is 26.9 Å². The van der Waals surface area contributed by atoms with E-state index in [0.29, 0.717) is 25.7 Å². The van der Waals surface area contributed by atoms with Gasteiger partial charge in [-0.1, -0.05) is 13.0 Å². The van der Waals surface area contributed by atoms with Crippen LogP contribution >= 0.6 is 0 Å². The average molecular weight is 251 g/mol. The molecule has 0 amide bonds. The lowest BCUT2D eigenvalue weighted by Crippen LogP contribution is -2.38. The summed E-state index contributed by atoms with van der Waals surface area (Å²) < 4.78 is 16.3. The van der Waals surface area contributed by atoms with Crippen LogP contribution in [-0.4, -0.2) is 33.0 Å². The van der Waals surface area contributed by atoms with Crippen molar-refractivity contribution in [1.82, 2.24) is 0 Å². The molecule has 1 aromatic rings. The molecule has 0 aromatic heterocycles. The van der Waals surface area contributed by atoms with Gasteiger partial charge in [-0.3, -0.25) is 0 Å². The summed E-state index contributed by atoms with van der Waals surface area (Å²) in [6.45, 7) is 4.18. The minimum absolute atomic E-state index is 0.152. The molecule has 1 aromatic carbocycles. The molecule has 0 radical (unpaired) electrons. The van der Waals surface area contributed by atoms with Crippen LogP contribution in [0.4, 0.5) is 0 Å². The second-order valence-electron chi connectivity index (χ2n) is 4.67. The molecule has 4 nitrogen and oxygen atoms in total. The summed E-state index contributed by atoms with van der Waals surface area (Å²) in [6.07, 6.45) is 1.12. The number of hydrogen-bond acceptors (Lipinski definition) is 4. The number of nitrogens with two attached hydrogens (primary N) is 1. The third-order valence-electron chi connectivity index (χ3n) is 3.26. The Balaban J connectivity index is 2.15. The molecule has 1 saturated heterocycles. The summed E-state index contributed by atoms with van der Waals surface area (Å²) in [6, 6.07) is 6.08. The Kier molecular flexibility index (Phi) is 4.44. The largest absolute Gasteiger partial charge is 0.493 e. The molecule has 0 saturated carbocycles. The molecule has 2 rings (SSSR count). The van der Waals surface area contributed by atoms with Gasteiger partial charge in [0.15, 0.2) is 11.5 Å². The van der Waals surface area contributed by atoms with E-state index in [4.69, 9.17) is 19.9 Å². The molecule has 100 valence electrons. The van der Waals surface area contributed by atoms with E-state index in [2.05, 4.69) is 19.1 Å². The third-order valence-corrected chi connectivity index (χ3v) is 3.26. The Morgan fingerprint density at radius 3 is 2.72 bits per heavy atom. The molecule has 1 unspecified atom stereocenters. The first-order chi connectivity index (χ1) is 8.74. The molecule has 0 spiro atoms. The fourth-order valence-electron chi connectivity index (χ4n) is 1.97. The molecule has 2 N–H and O–H groups in total. The van der Waals surface area contributed by atoms with Crippen LogP contribution < -0.4 is 15.2 Å². The minimum atomic E-state index is 0.152. The van der Waals surface area contributed by atoms with Gasteiger partial charge in [0.2, 0.25) is 0 Å². The Labute approximate surface area is 108 Å². The van der Waals surface area contributed by atoms with E-state index < -0.39 is 0 Å². The highest BCUT2D eigenvalue weighted by molar-refractivity contribution is 5.44. The quantitative estimate of drug-likeness (QED) is 0.839. The van der Waals surface area contributed by atoms with Crippen LogP contribution in [0.25, 0.3) is 0 Å². The normalized spacial score (nSPS) is 17.1. The van der Waals surface area contributed by atoms with Crippen molar-refractivity contribution < 1.29 is 14.2 Å². The van der Waals surface area contributed by atoms with Crippen molar-refractivity contribution in [3.8, 4) is 11.5 Å². The summed E-state index contributed by atoms with van der Waals surface area (Å²) in [7, 11) is 1.66. The second kappa shape index (κ2) is 6.07. The molecule has 1 aliphatic rings. The Morgan fingerprint density at radius 2 is 2.17 bits per heavy atom. The highest BCUT2D eigenvalue weighted by Crippen LogP contribution is 2.33. The molecule has 0 aliphatic carbocycles.